The second kappa shape index (κ2) is 3.74. The van der Waals surface area contributed by atoms with E-state index in [1.54, 1.807) is 0 Å². The molecule has 3 heteroatoms. The smallest absolute Gasteiger partial charge is 0.0568 e. The monoisotopic (exact) mass is 215 g/mol. The molecule has 2 aromatic rings. The summed E-state index contributed by atoms with van der Waals surface area (Å²) >= 11 is 0. The van der Waals surface area contributed by atoms with Gasteiger partial charge in [-0.3, -0.25) is 9.67 Å². The zero-order valence-corrected chi connectivity index (χ0v) is 10.2. The van der Waals surface area contributed by atoms with Crippen LogP contribution in [0.2, 0.25) is 0 Å². The van der Waals surface area contributed by atoms with E-state index in [1.807, 2.05) is 36.4 Å². The third-order valence-electron chi connectivity index (χ3n) is 2.57. The number of pyridine rings is 1. The molecule has 2 aromatic heterocycles. The van der Waals surface area contributed by atoms with Gasteiger partial charge in [-0.15, -0.1) is 0 Å². The van der Waals surface area contributed by atoms with Crippen LogP contribution in [-0.2, 0) is 12.5 Å². The summed E-state index contributed by atoms with van der Waals surface area (Å²) < 4.78 is 1.81. The molecule has 0 saturated carbocycles. The van der Waals surface area contributed by atoms with Crippen LogP contribution in [0.1, 0.15) is 26.5 Å². The van der Waals surface area contributed by atoms with E-state index in [1.165, 1.54) is 5.56 Å². The summed E-state index contributed by atoms with van der Waals surface area (Å²) in [5.74, 6) is 0. The molecule has 0 unspecified atom stereocenters. The van der Waals surface area contributed by atoms with Crippen molar-refractivity contribution in [2.75, 3.05) is 0 Å². The summed E-state index contributed by atoms with van der Waals surface area (Å²) in [5, 5.41) is 4.18. The number of aryl methyl sites for hydroxylation is 1. The molecule has 0 aliphatic rings. The number of rotatable bonds is 1. The molecule has 0 atom stereocenters. The Morgan fingerprint density at radius 2 is 1.94 bits per heavy atom. The van der Waals surface area contributed by atoms with Gasteiger partial charge in [-0.2, -0.15) is 5.10 Å². The fourth-order valence-corrected chi connectivity index (χ4v) is 1.59. The molecule has 84 valence electrons. The van der Waals surface area contributed by atoms with E-state index in [-0.39, 0.29) is 5.41 Å². The Kier molecular flexibility index (Phi) is 2.54. The number of hydrogen-bond acceptors (Lipinski definition) is 2. The van der Waals surface area contributed by atoms with Gasteiger partial charge in [0.05, 0.1) is 6.20 Å². The summed E-state index contributed by atoms with van der Waals surface area (Å²) in [6, 6.07) is 4.16. The van der Waals surface area contributed by atoms with Gasteiger partial charge < -0.3 is 0 Å². The van der Waals surface area contributed by atoms with E-state index in [2.05, 4.69) is 36.9 Å². The van der Waals surface area contributed by atoms with Gasteiger partial charge in [0, 0.05) is 36.1 Å². The van der Waals surface area contributed by atoms with Crippen molar-refractivity contribution >= 4 is 0 Å². The molecule has 0 spiro atoms. The Bertz CT molecular complexity index is 492. The summed E-state index contributed by atoms with van der Waals surface area (Å²) in [5.41, 5.74) is 3.50. The highest BCUT2D eigenvalue weighted by atomic mass is 15.2. The molecule has 0 fully saturated rings. The fraction of sp³-hybridized carbons (Fsp3) is 0.385. The van der Waals surface area contributed by atoms with Gasteiger partial charge in [-0.25, -0.2) is 0 Å². The van der Waals surface area contributed by atoms with Crippen LogP contribution in [0.5, 0.6) is 0 Å². The van der Waals surface area contributed by atoms with Crippen LogP contribution in [0.4, 0.5) is 0 Å². The zero-order valence-electron chi connectivity index (χ0n) is 10.2. The van der Waals surface area contributed by atoms with E-state index in [0.29, 0.717) is 0 Å². The highest BCUT2D eigenvalue weighted by Gasteiger charge is 2.15. The molecule has 0 saturated heterocycles. The average molecular weight is 215 g/mol. The van der Waals surface area contributed by atoms with Crippen molar-refractivity contribution in [3.63, 3.8) is 0 Å². The van der Waals surface area contributed by atoms with Crippen molar-refractivity contribution in [3.05, 3.63) is 36.4 Å². The Morgan fingerprint density at radius 3 is 2.50 bits per heavy atom. The Balaban J connectivity index is 2.44. The maximum atomic E-state index is 4.42. The molecule has 0 bridgehead atoms. The van der Waals surface area contributed by atoms with E-state index in [9.17, 15) is 0 Å². The van der Waals surface area contributed by atoms with Crippen molar-refractivity contribution in [2.24, 2.45) is 7.05 Å². The number of aromatic nitrogens is 3. The van der Waals surface area contributed by atoms with Gasteiger partial charge in [-0.05, 0) is 17.7 Å². The van der Waals surface area contributed by atoms with Crippen LogP contribution < -0.4 is 0 Å². The Labute approximate surface area is 96.1 Å². The number of nitrogens with zero attached hydrogens (tertiary/aromatic N) is 3. The third-order valence-corrected chi connectivity index (χ3v) is 2.57. The first-order valence-electron chi connectivity index (χ1n) is 5.42. The van der Waals surface area contributed by atoms with Gasteiger partial charge in [0.2, 0.25) is 0 Å². The van der Waals surface area contributed by atoms with Gasteiger partial charge >= 0.3 is 0 Å². The molecule has 0 aliphatic carbocycles. The lowest BCUT2D eigenvalue weighted by Gasteiger charge is -2.17. The van der Waals surface area contributed by atoms with E-state index < -0.39 is 0 Å². The average Bonchev–Trinajstić information content (AvgIpc) is 2.64. The van der Waals surface area contributed by atoms with Crippen molar-refractivity contribution in [2.45, 2.75) is 26.2 Å². The van der Waals surface area contributed by atoms with Crippen molar-refractivity contribution in [1.82, 2.24) is 14.8 Å². The molecule has 16 heavy (non-hydrogen) atoms. The molecule has 3 nitrogen and oxygen atoms in total. The third kappa shape index (κ3) is 2.13. The topological polar surface area (TPSA) is 30.7 Å². The maximum Gasteiger partial charge on any atom is 0.0568 e. The quantitative estimate of drug-likeness (QED) is 0.732. The SMILES string of the molecule is Cn1cc(-c2ccnc(C(C)(C)C)c2)cn1. The highest BCUT2D eigenvalue weighted by molar-refractivity contribution is 5.61. The minimum atomic E-state index is 0.0816. The van der Waals surface area contributed by atoms with E-state index >= 15 is 0 Å². The van der Waals surface area contributed by atoms with Crippen LogP contribution in [0.25, 0.3) is 11.1 Å². The highest BCUT2D eigenvalue weighted by Crippen LogP contribution is 2.25. The van der Waals surface area contributed by atoms with Crippen LogP contribution in [0.15, 0.2) is 30.7 Å². The van der Waals surface area contributed by atoms with Gasteiger partial charge in [0.15, 0.2) is 0 Å². The lowest BCUT2D eigenvalue weighted by atomic mass is 9.90. The zero-order chi connectivity index (χ0) is 11.8. The molecule has 0 N–H and O–H groups in total. The number of hydrogen-bond donors (Lipinski definition) is 0. The minimum absolute atomic E-state index is 0.0816. The van der Waals surface area contributed by atoms with Gasteiger partial charge in [-0.1, -0.05) is 20.8 Å². The van der Waals surface area contributed by atoms with Gasteiger partial charge in [0.1, 0.15) is 0 Å². The molecule has 2 heterocycles. The standard InChI is InChI=1S/C13H17N3/c1-13(2,3)12-7-10(5-6-14-12)11-8-15-16(4)9-11/h5-9H,1-4H3. The maximum absolute atomic E-state index is 4.42. The van der Waals surface area contributed by atoms with Crippen molar-refractivity contribution in [1.29, 1.82) is 0 Å². The Morgan fingerprint density at radius 1 is 1.19 bits per heavy atom. The second-order valence-electron chi connectivity index (χ2n) is 5.08. The first-order valence-corrected chi connectivity index (χ1v) is 5.42. The Hall–Kier alpha value is -1.64. The molecule has 0 radical (unpaired) electrons. The lowest BCUT2D eigenvalue weighted by Crippen LogP contribution is -2.13. The molecular formula is C13H17N3. The largest absolute Gasteiger partial charge is 0.275 e. The predicted octanol–water partition coefficient (Wildman–Crippen LogP) is 2.78. The molecule has 2 rings (SSSR count). The predicted molar refractivity (Wildman–Crippen MR) is 65.1 cm³/mol. The summed E-state index contributed by atoms with van der Waals surface area (Å²) in [6.07, 6.45) is 5.76. The van der Waals surface area contributed by atoms with Crippen LogP contribution >= 0.6 is 0 Å². The molecular weight excluding hydrogens is 198 g/mol. The van der Waals surface area contributed by atoms with Gasteiger partial charge in [0.25, 0.3) is 0 Å². The fourth-order valence-electron chi connectivity index (χ4n) is 1.59. The molecule has 0 aromatic carbocycles. The van der Waals surface area contributed by atoms with E-state index in [4.69, 9.17) is 0 Å². The summed E-state index contributed by atoms with van der Waals surface area (Å²) in [4.78, 5) is 4.42. The first-order chi connectivity index (χ1) is 7.47. The van der Waals surface area contributed by atoms with Crippen molar-refractivity contribution < 1.29 is 0 Å². The van der Waals surface area contributed by atoms with E-state index in [0.717, 1.165) is 11.3 Å². The van der Waals surface area contributed by atoms with Crippen molar-refractivity contribution in [3.8, 4) is 11.1 Å². The molecule has 0 amide bonds. The van der Waals surface area contributed by atoms with Crippen LogP contribution in [0.3, 0.4) is 0 Å². The molecule has 0 aliphatic heterocycles. The summed E-state index contributed by atoms with van der Waals surface area (Å²) in [6.45, 7) is 6.51. The first kappa shape index (κ1) is 10.9. The lowest BCUT2D eigenvalue weighted by molar-refractivity contribution is 0.569. The minimum Gasteiger partial charge on any atom is -0.275 e. The normalized spacial score (nSPS) is 11.8. The van der Waals surface area contributed by atoms with Crippen LogP contribution in [-0.4, -0.2) is 14.8 Å². The summed E-state index contributed by atoms with van der Waals surface area (Å²) in [7, 11) is 1.93. The van der Waals surface area contributed by atoms with Crippen LogP contribution in [0, 0.1) is 0 Å². The second-order valence-corrected chi connectivity index (χ2v) is 5.08.